The molecule has 0 unspecified atom stereocenters. The lowest BCUT2D eigenvalue weighted by molar-refractivity contribution is 0.213. The van der Waals surface area contributed by atoms with Crippen LogP contribution in [0.5, 0.6) is 0 Å². The summed E-state index contributed by atoms with van der Waals surface area (Å²) in [6.45, 7) is 2.42. The predicted octanol–water partition coefficient (Wildman–Crippen LogP) is 1.90. The molecule has 0 radical (unpaired) electrons. The number of rotatable bonds is 4. The number of aromatic nitrogens is 4. The molecule has 2 aromatic heterocycles. The molecule has 118 valence electrons. The van der Waals surface area contributed by atoms with Crippen LogP contribution >= 0.6 is 0 Å². The van der Waals surface area contributed by atoms with Crippen molar-refractivity contribution < 1.29 is 4.79 Å². The molecule has 2 amide bonds. The maximum absolute atomic E-state index is 12.2. The molecule has 1 aliphatic carbocycles. The fourth-order valence-corrected chi connectivity index (χ4v) is 3.02. The largest absolute Gasteiger partial charge is 0.334 e. The van der Waals surface area contributed by atoms with Crippen LogP contribution in [0.15, 0.2) is 24.7 Å². The van der Waals surface area contributed by atoms with E-state index in [9.17, 15) is 4.79 Å². The molecule has 0 saturated heterocycles. The van der Waals surface area contributed by atoms with Gasteiger partial charge in [0.25, 0.3) is 0 Å². The van der Waals surface area contributed by atoms with Crippen molar-refractivity contribution in [3.63, 3.8) is 0 Å². The molecule has 0 spiro atoms. The number of urea groups is 1. The van der Waals surface area contributed by atoms with Crippen LogP contribution in [0.25, 0.3) is 0 Å². The Balaban J connectivity index is 1.56. The number of nitrogens with zero attached hydrogens (tertiary/aromatic N) is 3. The Morgan fingerprint density at radius 3 is 3.05 bits per heavy atom. The third kappa shape index (κ3) is 3.29. The number of aryl methyl sites for hydroxylation is 1. The van der Waals surface area contributed by atoms with Crippen molar-refractivity contribution in [1.29, 1.82) is 0 Å². The fourth-order valence-electron chi connectivity index (χ4n) is 3.02. The van der Waals surface area contributed by atoms with Gasteiger partial charge in [0.2, 0.25) is 0 Å². The second-order valence-electron chi connectivity index (χ2n) is 5.79. The Morgan fingerprint density at radius 2 is 2.32 bits per heavy atom. The highest BCUT2D eigenvalue weighted by Gasteiger charge is 2.28. The third-order valence-electron chi connectivity index (χ3n) is 4.28. The van der Waals surface area contributed by atoms with Gasteiger partial charge in [0.1, 0.15) is 0 Å². The molecule has 7 heteroatoms. The first kappa shape index (κ1) is 14.6. The van der Waals surface area contributed by atoms with Crippen molar-refractivity contribution in [3.8, 4) is 0 Å². The number of nitrogens with one attached hydrogen (secondary N) is 3. The quantitative estimate of drug-likeness (QED) is 0.806. The highest BCUT2D eigenvalue weighted by atomic mass is 16.2. The number of carbonyl (C=O) groups is 1. The van der Waals surface area contributed by atoms with Gasteiger partial charge in [0.15, 0.2) is 0 Å². The van der Waals surface area contributed by atoms with Gasteiger partial charge < -0.3 is 10.6 Å². The number of amides is 2. The maximum atomic E-state index is 12.2. The molecule has 2 aromatic rings. The fraction of sp³-hybridized carbons (Fsp3) is 0.533. The molecular weight excluding hydrogens is 280 g/mol. The molecule has 0 aliphatic heterocycles. The number of hydrogen-bond acceptors (Lipinski definition) is 3. The molecule has 3 N–H and O–H groups in total. The summed E-state index contributed by atoms with van der Waals surface area (Å²) in [6, 6.07) is 2.15. The summed E-state index contributed by atoms with van der Waals surface area (Å²) in [4.78, 5) is 12.2. The van der Waals surface area contributed by atoms with Crippen LogP contribution in [0.2, 0.25) is 0 Å². The Kier molecular flexibility index (Phi) is 4.41. The smallest absolute Gasteiger partial charge is 0.315 e. The second kappa shape index (κ2) is 6.64. The first-order chi connectivity index (χ1) is 10.7. The first-order valence-electron chi connectivity index (χ1n) is 7.76. The zero-order valence-electron chi connectivity index (χ0n) is 12.7. The monoisotopic (exact) mass is 302 g/mol. The Hall–Kier alpha value is -2.31. The molecule has 2 atom stereocenters. The zero-order chi connectivity index (χ0) is 15.4. The normalized spacial score (nSPS) is 21.5. The summed E-state index contributed by atoms with van der Waals surface area (Å²) in [5, 5.41) is 17.1. The lowest BCUT2D eigenvalue weighted by Crippen LogP contribution is -2.47. The van der Waals surface area contributed by atoms with E-state index in [2.05, 4.69) is 25.9 Å². The summed E-state index contributed by atoms with van der Waals surface area (Å²) in [5.41, 5.74) is 1.98. The molecule has 0 bridgehead atoms. The molecule has 1 saturated carbocycles. The lowest BCUT2D eigenvalue weighted by atomic mass is 9.90. The number of H-pyrrole nitrogens is 1. The van der Waals surface area contributed by atoms with E-state index in [0.717, 1.165) is 30.5 Å². The van der Waals surface area contributed by atoms with E-state index in [1.807, 2.05) is 23.9 Å². The van der Waals surface area contributed by atoms with Gasteiger partial charge in [-0.3, -0.25) is 9.78 Å². The van der Waals surface area contributed by atoms with Crippen molar-refractivity contribution in [2.75, 3.05) is 0 Å². The topological polar surface area (TPSA) is 87.6 Å². The average Bonchev–Trinajstić information content (AvgIpc) is 3.17. The summed E-state index contributed by atoms with van der Waals surface area (Å²) in [6.07, 6.45) is 9.85. The van der Waals surface area contributed by atoms with E-state index in [4.69, 9.17) is 0 Å². The van der Waals surface area contributed by atoms with Gasteiger partial charge in [0.05, 0.1) is 18.3 Å². The van der Waals surface area contributed by atoms with Gasteiger partial charge in [-0.2, -0.15) is 10.2 Å². The minimum atomic E-state index is -0.135. The number of carbonyl (C=O) groups excluding carboxylic acids is 1. The van der Waals surface area contributed by atoms with E-state index < -0.39 is 0 Å². The second-order valence-corrected chi connectivity index (χ2v) is 5.79. The summed E-state index contributed by atoms with van der Waals surface area (Å²) in [7, 11) is 0. The van der Waals surface area contributed by atoms with E-state index >= 15 is 0 Å². The average molecular weight is 302 g/mol. The van der Waals surface area contributed by atoms with Gasteiger partial charge in [0, 0.05) is 30.2 Å². The van der Waals surface area contributed by atoms with Crippen molar-refractivity contribution in [1.82, 2.24) is 30.6 Å². The summed E-state index contributed by atoms with van der Waals surface area (Å²) in [5.74, 6) is 0. The summed E-state index contributed by atoms with van der Waals surface area (Å²) < 4.78 is 1.96. The molecule has 3 rings (SSSR count). The minimum Gasteiger partial charge on any atom is -0.334 e. The van der Waals surface area contributed by atoms with Crippen LogP contribution in [0.4, 0.5) is 4.79 Å². The van der Waals surface area contributed by atoms with Gasteiger partial charge >= 0.3 is 6.03 Å². The van der Waals surface area contributed by atoms with Crippen LogP contribution < -0.4 is 10.6 Å². The van der Waals surface area contributed by atoms with Crippen LogP contribution in [-0.2, 0) is 6.54 Å². The molecule has 7 nitrogen and oxygen atoms in total. The van der Waals surface area contributed by atoms with Crippen LogP contribution in [0.1, 0.15) is 43.0 Å². The minimum absolute atomic E-state index is 0.124. The van der Waals surface area contributed by atoms with Crippen LogP contribution in [0.3, 0.4) is 0 Å². The Morgan fingerprint density at radius 1 is 1.45 bits per heavy atom. The van der Waals surface area contributed by atoms with Crippen molar-refractivity contribution in [2.45, 2.75) is 51.2 Å². The first-order valence-corrected chi connectivity index (χ1v) is 7.76. The van der Waals surface area contributed by atoms with Crippen LogP contribution in [-0.4, -0.2) is 32.1 Å². The molecule has 1 fully saturated rings. The molecule has 22 heavy (non-hydrogen) atoms. The zero-order valence-corrected chi connectivity index (χ0v) is 12.7. The highest BCUT2D eigenvalue weighted by molar-refractivity contribution is 5.74. The number of hydrogen-bond donors (Lipinski definition) is 3. The van der Waals surface area contributed by atoms with Gasteiger partial charge in [-0.15, -0.1) is 0 Å². The SMILES string of the molecule is Cc1[nH]ncc1CNC(=O)N[C@@H]1CCCC[C@H]1n1cccn1. The van der Waals surface area contributed by atoms with Crippen LogP contribution in [0, 0.1) is 6.92 Å². The molecule has 1 aliphatic rings. The van der Waals surface area contributed by atoms with Gasteiger partial charge in [-0.25, -0.2) is 4.79 Å². The third-order valence-corrected chi connectivity index (χ3v) is 4.28. The summed E-state index contributed by atoms with van der Waals surface area (Å²) >= 11 is 0. The van der Waals surface area contributed by atoms with E-state index in [-0.39, 0.29) is 18.1 Å². The van der Waals surface area contributed by atoms with E-state index in [0.29, 0.717) is 6.54 Å². The van der Waals surface area contributed by atoms with Crippen molar-refractivity contribution in [2.24, 2.45) is 0 Å². The maximum Gasteiger partial charge on any atom is 0.315 e. The predicted molar refractivity (Wildman–Crippen MR) is 82.2 cm³/mol. The lowest BCUT2D eigenvalue weighted by Gasteiger charge is -2.32. The van der Waals surface area contributed by atoms with Gasteiger partial charge in [-0.05, 0) is 25.8 Å². The van der Waals surface area contributed by atoms with Crippen molar-refractivity contribution >= 4 is 6.03 Å². The molecule has 2 heterocycles. The molecule has 0 aromatic carbocycles. The Bertz CT molecular complexity index is 605. The van der Waals surface area contributed by atoms with Gasteiger partial charge in [-0.1, -0.05) is 12.8 Å². The number of aromatic amines is 1. The molecular formula is C15H22N6O. The van der Waals surface area contributed by atoms with Crippen molar-refractivity contribution in [3.05, 3.63) is 35.9 Å². The van der Waals surface area contributed by atoms with E-state index in [1.165, 1.54) is 6.42 Å². The van der Waals surface area contributed by atoms with E-state index in [1.54, 1.807) is 12.4 Å². The Labute approximate surface area is 129 Å². The standard InChI is InChI=1S/C15H22N6O/c1-11-12(10-17-20-11)9-16-15(22)19-13-5-2-3-6-14(13)21-8-4-7-18-21/h4,7-8,10,13-14H,2-3,5-6,9H2,1H3,(H,17,20)(H2,16,19,22)/t13-,14-/m1/s1. The highest BCUT2D eigenvalue weighted by Crippen LogP contribution is 2.27.